The Morgan fingerprint density at radius 1 is 0.481 bits per heavy atom. The Hall–Kier alpha value is -6.53. The Morgan fingerprint density at radius 3 is 1.17 bits per heavy atom. The van der Waals surface area contributed by atoms with Crippen molar-refractivity contribution in [1.29, 1.82) is 0 Å². The van der Waals surface area contributed by atoms with Crippen molar-refractivity contribution in [2.75, 3.05) is 21.3 Å². The van der Waals surface area contributed by atoms with E-state index in [-0.39, 0.29) is 33.3 Å². The fraction of sp³-hybridized carbons (Fsp3) is 0. The van der Waals surface area contributed by atoms with E-state index in [2.05, 4.69) is 21.3 Å². The zero-order valence-corrected chi connectivity index (χ0v) is 28.0. The smallest absolute Gasteiger partial charge is 0.323 e. The molecule has 6 aromatic rings. The maximum absolute atomic E-state index is 13.0. The quantitative estimate of drug-likeness (QED) is 0.0659. The number of hydrogen-bond acceptors (Lipinski definition) is 9. The summed E-state index contributed by atoms with van der Waals surface area (Å²) < 4.78 is 67.7. The van der Waals surface area contributed by atoms with Crippen LogP contribution in [0, 0.1) is 0 Å². The first-order chi connectivity index (χ1) is 24.6. The van der Waals surface area contributed by atoms with E-state index in [9.17, 15) is 50.5 Å². The average molecular weight is 743 g/mol. The summed E-state index contributed by atoms with van der Waals surface area (Å²) in [6.07, 6.45) is 0. The third kappa shape index (κ3) is 7.32. The van der Waals surface area contributed by atoms with E-state index in [1.165, 1.54) is 72.8 Å². The second-order valence-electron chi connectivity index (χ2n) is 11.2. The highest BCUT2D eigenvalue weighted by Crippen LogP contribution is 2.40. The number of carbonyl (C=O) groups is 3. The number of fused-ring (bicyclic) bond motifs is 2. The van der Waals surface area contributed by atoms with Gasteiger partial charge in [-0.15, -0.1) is 0 Å². The molecule has 0 bridgehead atoms. The minimum atomic E-state index is -4.84. The van der Waals surface area contributed by atoms with Crippen molar-refractivity contribution in [3.63, 3.8) is 0 Å². The van der Waals surface area contributed by atoms with Crippen LogP contribution < -0.4 is 21.3 Å². The van der Waals surface area contributed by atoms with Gasteiger partial charge in [0, 0.05) is 33.3 Å². The highest BCUT2D eigenvalue weighted by molar-refractivity contribution is 7.86. The Bertz CT molecular complexity index is 2460. The second kappa shape index (κ2) is 13.6. The van der Waals surface area contributed by atoms with Crippen LogP contribution >= 0.6 is 0 Å². The molecule has 0 unspecified atom stereocenters. The van der Waals surface area contributed by atoms with Gasteiger partial charge in [-0.25, -0.2) is 4.79 Å². The molecule has 0 aromatic heterocycles. The van der Waals surface area contributed by atoms with Crippen molar-refractivity contribution < 1.29 is 50.5 Å². The van der Waals surface area contributed by atoms with Crippen LogP contribution in [0.3, 0.4) is 0 Å². The number of amides is 4. The maximum atomic E-state index is 13.0. The summed E-state index contributed by atoms with van der Waals surface area (Å²) >= 11 is 0. The number of anilines is 4. The first-order valence-electron chi connectivity index (χ1n) is 15.0. The number of aromatic hydroxyl groups is 2. The molecule has 264 valence electrons. The van der Waals surface area contributed by atoms with Gasteiger partial charge in [0.15, 0.2) is 0 Å². The van der Waals surface area contributed by atoms with Crippen LogP contribution in [-0.2, 0) is 20.2 Å². The SMILES string of the molecule is O=C(Nc1ccc(C(=O)Nc2c(S(=O)(=O)O)cc3ccccc3c2O)cc1)Nc1ccc(C(=O)Nc2c(S(=O)(=O)O)cc3ccccc3c2O)cc1. The van der Waals surface area contributed by atoms with Gasteiger partial charge in [-0.1, -0.05) is 48.5 Å². The first kappa shape index (κ1) is 35.3. The molecule has 52 heavy (non-hydrogen) atoms. The minimum absolute atomic E-state index is 0.0226. The molecular formula is C35H26N4O11S2. The van der Waals surface area contributed by atoms with Crippen molar-refractivity contribution in [3.8, 4) is 11.5 Å². The highest BCUT2D eigenvalue weighted by atomic mass is 32.2. The number of rotatable bonds is 8. The van der Waals surface area contributed by atoms with Crippen LogP contribution in [0.15, 0.2) is 119 Å². The molecule has 0 spiro atoms. The third-order valence-corrected chi connectivity index (χ3v) is 9.57. The van der Waals surface area contributed by atoms with Gasteiger partial charge < -0.3 is 31.5 Å². The van der Waals surface area contributed by atoms with Crippen molar-refractivity contribution in [2.24, 2.45) is 0 Å². The van der Waals surface area contributed by atoms with E-state index in [1.807, 2.05) is 0 Å². The lowest BCUT2D eigenvalue weighted by Crippen LogP contribution is -2.20. The van der Waals surface area contributed by atoms with E-state index in [0.717, 1.165) is 12.1 Å². The fourth-order valence-corrected chi connectivity index (χ4v) is 6.69. The van der Waals surface area contributed by atoms with Gasteiger partial charge in [-0.3, -0.25) is 18.7 Å². The summed E-state index contributed by atoms with van der Waals surface area (Å²) in [5, 5.41) is 32.3. The number of nitrogens with one attached hydrogen (secondary N) is 4. The molecular weight excluding hydrogens is 717 g/mol. The van der Waals surface area contributed by atoms with Crippen LogP contribution in [0.25, 0.3) is 21.5 Å². The Kier molecular flexibility index (Phi) is 9.26. The van der Waals surface area contributed by atoms with E-state index >= 15 is 0 Å². The summed E-state index contributed by atoms with van der Waals surface area (Å²) in [5.74, 6) is -2.75. The van der Waals surface area contributed by atoms with Gasteiger partial charge in [0.05, 0.1) is 0 Å². The minimum Gasteiger partial charge on any atom is -0.505 e. The van der Waals surface area contributed by atoms with Crippen LogP contribution in [0.2, 0.25) is 0 Å². The Balaban J connectivity index is 1.11. The molecule has 6 rings (SSSR count). The molecule has 0 saturated carbocycles. The molecule has 0 aliphatic rings. The first-order valence-corrected chi connectivity index (χ1v) is 17.8. The molecule has 15 nitrogen and oxygen atoms in total. The molecule has 6 aromatic carbocycles. The van der Waals surface area contributed by atoms with E-state index < -0.39 is 70.7 Å². The number of urea groups is 1. The topological polar surface area (TPSA) is 249 Å². The monoisotopic (exact) mass is 742 g/mol. The molecule has 17 heteroatoms. The largest absolute Gasteiger partial charge is 0.505 e. The van der Waals surface area contributed by atoms with Gasteiger partial charge in [-0.05, 0) is 71.4 Å². The maximum Gasteiger partial charge on any atom is 0.323 e. The van der Waals surface area contributed by atoms with Gasteiger partial charge in [0.2, 0.25) is 0 Å². The normalized spacial score (nSPS) is 11.6. The van der Waals surface area contributed by atoms with Crippen molar-refractivity contribution in [2.45, 2.75) is 9.79 Å². The predicted molar refractivity (Wildman–Crippen MR) is 192 cm³/mol. The summed E-state index contributed by atoms with van der Waals surface area (Å²) in [5.41, 5.74) is -0.468. The summed E-state index contributed by atoms with van der Waals surface area (Å²) in [6.45, 7) is 0. The summed E-state index contributed by atoms with van der Waals surface area (Å²) in [4.78, 5) is 37.2. The second-order valence-corrected chi connectivity index (χ2v) is 14.0. The molecule has 4 amide bonds. The molecule has 8 N–H and O–H groups in total. The average Bonchev–Trinajstić information content (AvgIpc) is 3.10. The molecule has 0 atom stereocenters. The van der Waals surface area contributed by atoms with Crippen LogP contribution in [-0.4, -0.2) is 54.0 Å². The lowest BCUT2D eigenvalue weighted by Gasteiger charge is -2.14. The van der Waals surface area contributed by atoms with Crippen LogP contribution in [0.1, 0.15) is 20.7 Å². The summed E-state index contributed by atoms with van der Waals surface area (Å²) in [7, 11) is -9.68. The van der Waals surface area contributed by atoms with Gasteiger partial charge >= 0.3 is 6.03 Å². The molecule has 0 heterocycles. The number of hydrogen-bond donors (Lipinski definition) is 8. The predicted octanol–water partition coefficient (Wildman–Crippen LogP) is 6.05. The van der Waals surface area contributed by atoms with E-state index in [0.29, 0.717) is 10.8 Å². The molecule has 0 saturated heterocycles. The molecule has 0 radical (unpaired) electrons. The van der Waals surface area contributed by atoms with E-state index in [4.69, 9.17) is 0 Å². The Morgan fingerprint density at radius 2 is 0.827 bits per heavy atom. The number of phenols is 2. The van der Waals surface area contributed by atoms with Crippen molar-refractivity contribution in [1.82, 2.24) is 0 Å². The van der Waals surface area contributed by atoms with Crippen LogP contribution in [0.5, 0.6) is 11.5 Å². The zero-order valence-electron chi connectivity index (χ0n) is 26.4. The lowest BCUT2D eigenvalue weighted by atomic mass is 10.1. The van der Waals surface area contributed by atoms with Gasteiger partial charge in [0.25, 0.3) is 32.1 Å². The number of benzene rings is 6. The Labute approximate surface area is 295 Å². The number of phenolic OH excluding ortho intramolecular Hbond substituents is 2. The van der Waals surface area contributed by atoms with E-state index in [1.54, 1.807) is 24.3 Å². The molecule has 0 fully saturated rings. The molecule has 0 aliphatic heterocycles. The van der Waals surface area contributed by atoms with Gasteiger partial charge in [0.1, 0.15) is 32.7 Å². The van der Waals surface area contributed by atoms with Crippen LogP contribution in [0.4, 0.5) is 27.5 Å². The number of carbonyl (C=O) groups excluding carboxylic acids is 3. The van der Waals surface area contributed by atoms with Crippen molar-refractivity contribution in [3.05, 3.63) is 120 Å². The van der Waals surface area contributed by atoms with Crippen molar-refractivity contribution >= 4 is 82.4 Å². The summed E-state index contributed by atoms with van der Waals surface area (Å²) in [6, 6.07) is 24.9. The molecule has 0 aliphatic carbocycles. The third-order valence-electron chi connectivity index (χ3n) is 7.81. The highest BCUT2D eigenvalue weighted by Gasteiger charge is 2.25. The zero-order chi connectivity index (χ0) is 37.4. The fourth-order valence-electron chi connectivity index (χ4n) is 5.33. The standard InChI is InChI=1S/C35H26N4O11S2/c40-31-25-7-3-1-5-21(25)17-27(51(45,46)47)29(31)38-33(42)19-9-13-23(14-10-19)36-35(44)37-24-15-11-20(12-16-24)34(43)39-30-28(52(48,49)50)18-22-6-2-4-8-26(22)32(30)41/h1-18,40-41H,(H,38,42)(H,39,43)(H2,36,37,44)(H,45,46,47)(H,48,49,50). The lowest BCUT2D eigenvalue weighted by molar-refractivity contribution is 0.101. The van der Waals surface area contributed by atoms with Gasteiger partial charge in [-0.2, -0.15) is 16.8 Å².